The quantitative estimate of drug-likeness (QED) is 0.625. The molecule has 0 rings (SSSR count). The Balaban J connectivity index is 3.03. The minimum atomic E-state index is -0.559. The van der Waals surface area contributed by atoms with Crippen LogP contribution in [-0.4, -0.2) is 33.9 Å². The summed E-state index contributed by atoms with van der Waals surface area (Å²) in [7, 11) is 3.32. The van der Waals surface area contributed by atoms with Gasteiger partial charge in [0, 0.05) is 11.0 Å². The van der Waals surface area contributed by atoms with Gasteiger partial charge < -0.3 is 10.2 Å². The first kappa shape index (κ1) is 10.6. The van der Waals surface area contributed by atoms with Crippen LogP contribution in [-0.2, 0) is 0 Å². The van der Waals surface area contributed by atoms with Crippen molar-refractivity contribution in [3.63, 3.8) is 0 Å². The maximum Gasteiger partial charge on any atom is 0.0869 e. The Kier molecular flexibility index (Phi) is 6.73. The van der Waals surface area contributed by atoms with E-state index in [9.17, 15) is 0 Å². The van der Waals surface area contributed by atoms with Crippen LogP contribution in [0.2, 0.25) is 0 Å². The smallest absolute Gasteiger partial charge is 0.0869 e. The van der Waals surface area contributed by atoms with E-state index in [0.717, 1.165) is 0 Å². The van der Waals surface area contributed by atoms with E-state index in [1.54, 1.807) is 21.6 Å². The molecule has 0 amide bonds. The van der Waals surface area contributed by atoms with Crippen molar-refractivity contribution in [2.75, 3.05) is 12.4 Å². The van der Waals surface area contributed by atoms with Gasteiger partial charge in [-0.15, -0.1) is 0 Å². The summed E-state index contributed by atoms with van der Waals surface area (Å²) < 4.78 is 0. The van der Waals surface area contributed by atoms with Crippen LogP contribution in [0, 0.1) is 0 Å². The number of hydrogen-bond acceptors (Lipinski definition) is 4. The number of rotatable bonds is 5. The summed E-state index contributed by atoms with van der Waals surface area (Å²) in [4.78, 5) is 0. The van der Waals surface area contributed by atoms with Gasteiger partial charge in [-0.3, -0.25) is 0 Å². The highest BCUT2D eigenvalue weighted by Crippen LogP contribution is 2.26. The molecule has 2 N–H and O–H groups in total. The second-order valence-electron chi connectivity index (χ2n) is 2.27. The van der Waals surface area contributed by atoms with E-state index in [0.29, 0.717) is 11.0 Å². The van der Waals surface area contributed by atoms with Gasteiger partial charge in [0.15, 0.2) is 0 Å². The molecule has 0 aromatic rings. The lowest BCUT2D eigenvalue weighted by atomic mass is 10.4. The normalized spacial score (nSPS) is 14.1. The Labute approximate surface area is 69.8 Å². The summed E-state index contributed by atoms with van der Waals surface area (Å²) in [6.07, 6.45) is -0.559. The largest absolute Gasteiger partial charge is 0.394 e. The van der Waals surface area contributed by atoms with Gasteiger partial charge in [-0.25, -0.2) is 0 Å². The molecule has 1 unspecified atom stereocenters. The summed E-state index contributed by atoms with van der Waals surface area (Å²) in [6.45, 7) is 4.07. The summed E-state index contributed by atoms with van der Waals surface area (Å²) in [6, 6.07) is 0. The third kappa shape index (κ3) is 6.74. The molecule has 0 bridgehead atoms. The lowest BCUT2D eigenvalue weighted by Gasteiger charge is -2.06. The zero-order chi connectivity index (χ0) is 7.98. The second kappa shape index (κ2) is 6.34. The predicted octanol–water partition coefficient (Wildman–Crippen LogP) is 1.13. The molecule has 0 heterocycles. The van der Waals surface area contributed by atoms with Gasteiger partial charge in [0.05, 0.1) is 12.7 Å². The van der Waals surface area contributed by atoms with Crippen molar-refractivity contribution in [2.45, 2.75) is 25.2 Å². The van der Waals surface area contributed by atoms with E-state index >= 15 is 0 Å². The van der Waals surface area contributed by atoms with Crippen molar-refractivity contribution >= 4 is 21.6 Å². The second-order valence-corrected chi connectivity index (χ2v) is 5.25. The first-order valence-corrected chi connectivity index (χ1v) is 5.62. The number of aliphatic hydroxyl groups is 2. The molecule has 4 heteroatoms. The summed E-state index contributed by atoms with van der Waals surface area (Å²) in [5.74, 6) is 0.610. The molecule has 0 spiro atoms. The third-order valence-electron chi connectivity index (χ3n) is 0.732. The molecule has 0 aromatic heterocycles. The molecule has 0 radical (unpaired) electrons. The van der Waals surface area contributed by atoms with Crippen molar-refractivity contribution in [3.05, 3.63) is 0 Å². The Morgan fingerprint density at radius 1 is 1.40 bits per heavy atom. The molecular formula is C6H14O2S2. The third-order valence-corrected chi connectivity index (χ3v) is 3.74. The van der Waals surface area contributed by atoms with Gasteiger partial charge in [0.2, 0.25) is 0 Å². The molecule has 2 nitrogen and oxygen atoms in total. The van der Waals surface area contributed by atoms with E-state index in [2.05, 4.69) is 13.8 Å². The minimum Gasteiger partial charge on any atom is -0.394 e. The van der Waals surface area contributed by atoms with Gasteiger partial charge in [-0.1, -0.05) is 35.4 Å². The van der Waals surface area contributed by atoms with Crippen molar-refractivity contribution in [3.8, 4) is 0 Å². The van der Waals surface area contributed by atoms with Crippen molar-refractivity contribution < 1.29 is 10.2 Å². The molecule has 62 valence electrons. The number of aliphatic hydroxyl groups excluding tert-OH is 2. The lowest BCUT2D eigenvalue weighted by molar-refractivity contribution is 0.114. The molecule has 0 saturated carbocycles. The highest BCUT2D eigenvalue weighted by Gasteiger charge is 2.02. The fourth-order valence-electron chi connectivity index (χ4n) is 0.307. The number of hydrogen-bond donors (Lipinski definition) is 2. The van der Waals surface area contributed by atoms with Crippen LogP contribution in [0.1, 0.15) is 13.8 Å². The zero-order valence-electron chi connectivity index (χ0n) is 6.28. The van der Waals surface area contributed by atoms with Crippen LogP contribution in [0.3, 0.4) is 0 Å². The SMILES string of the molecule is CC(C)SSCC(O)CO. The van der Waals surface area contributed by atoms with Crippen LogP contribution in [0.5, 0.6) is 0 Å². The molecule has 0 aromatic carbocycles. The highest BCUT2D eigenvalue weighted by molar-refractivity contribution is 8.76. The van der Waals surface area contributed by atoms with Gasteiger partial charge >= 0.3 is 0 Å². The molecule has 0 fully saturated rings. The van der Waals surface area contributed by atoms with E-state index in [-0.39, 0.29) is 6.61 Å². The lowest BCUT2D eigenvalue weighted by Crippen LogP contribution is -2.14. The molecule has 0 aliphatic carbocycles. The summed E-state index contributed by atoms with van der Waals surface area (Å²) in [5.41, 5.74) is 0. The fourth-order valence-corrected chi connectivity index (χ4v) is 2.44. The monoisotopic (exact) mass is 182 g/mol. The van der Waals surface area contributed by atoms with E-state index in [4.69, 9.17) is 10.2 Å². The van der Waals surface area contributed by atoms with Crippen molar-refractivity contribution in [1.29, 1.82) is 0 Å². The average Bonchev–Trinajstić information content (AvgIpc) is 1.87. The van der Waals surface area contributed by atoms with Crippen molar-refractivity contribution in [1.82, 2.24) is 0 Å². The van der Waals surface area contributed by atoms with Crippen LogP contribution in [0.4, 0.5) is 0 Å². The average molecular weight is 182 g/mol. The Morgan fingerprint density at radius 3 is 2.40 bits per heavy atom. The van der Waals surface area contributed by atoms with Gasteiger partial charge in [0.1, 0.15) is 0 Å². The fraction of sp³-hybridized carbons (Fsp3) is 1.00. The molecule has 0 saturated heterocycles. The van der Waals surface area contributed by atoms with Gasteiger partial charge in [-0.05, 0) is 0 Å². The molecule has 0 aliphatic heterocycles. The van der Waals surface area contributed by atoms with Crippen LogP contribution >= 0.6 is 21.6 Å². The Bertz CT molecular complexity index is 78.1. The van der Waals surface area contributed by atoms with Gasteiger partial charge in [0.25, 0.3) is 0 Å². The van der Waals surface area contributed by atoms with E-state index in [1.165, 1.54) is 0 Å². The van der Waals surface area contributed by atoms with Crippen LogP contribution in [0.15, 0.2) is 0 Å². The van der Waals surface area contributed by atoms with Crippen LogP contribution in [0.25, 0.3) is 0 Å². The highest BCUT2D eigenvalue weighted by atomic mass is 33.1. The molecule has 0 aliphatic rings. The van der Waals surface area contributed by atoms with E-state index < -0.39 is 6.10 Å². The zero-order valence-corrected chi connectivity index (χ0v) is 7.91. The molecular weight excluding hydrogens is 168 g/mol. The minimum absolute atomic E-state index is 0.133. The Hall–Kier alpha value is 0.620. The topological polar surface area (TPSA) is 40.5 Å². The van der Waals surface area contributed by atoms with Crippen LogP contribution < -0.4 is 0 Å². The maximum atomic E-state index is 8.89. The maximum absolute atomic E-state index is 8.89. The molecule has 10 heavy (non-hydrogen) atoms. The van der Waals surface area contributed by atoms with Crippen molar-refractivity contribution in [2.24, 2.45) is 0 Å². The first-order valence-electron chi connectivity index (χ1n) is 3.24. The Morgan fingerprint density at radius 2 is 2.00 bits per heavy atom. The molecule has 1 atom stereocenters. The predicted molar refractivity (Wildman–Crippen MR) is 48.3 cm³/mol. The standard InChI is InChI=1S/C6H14O2S2/c1-5(2)10-9-4-6(8)3-7/h5-8H,3-4H2,1-2H3. The summed E-state index contributed by atoms with van der Waals surface area (Å²) in [5, 5.41) is 17.9. The summed E-state index contributed by atoms with van der Waals surface area (Å²) >= 11 is 0. The van der Waals surface area contributed by atoms with E-state index in [1.807, 2.05) is 0 Å². The first-order chi connectivity index (χ1) is 4.66. The van der Waals surface area contributed by atoms with Gasteiger partial charge in [-0.2, -0.15) is 0 Å².